The summed E-state index contributed by atoms with van der Waals surface area (Å²) in [5.41, 5.74) is 0. The van der Waals surface area contributed by atoms with Crippen molar-refractivity contribution in [3.8, 4) is 0 Å². The fourth-order valence-electron chi connectivity index (χ4n) is 3.25. The predicted molar refractivity (Wildman–Crippen MR) is 98.1 cm³/mol. The van der Waals surface area contributed by atoms with E-state index >= 15 is 0 Å². The molecule has 0 aromatic heterocycles. The van der Waals surface area contributed by atoms with E-state index in [1.165, 1.54) is 51.3 Å². The van der Waals surface area contributed by atoms with Gasteiger partial charge in [0, 0.05) is 0 Å². The minimum absolute atomic E-state index is 0.162. The first kappa shape index (κ1) is 27.8. The number of rotatable bonds is 12. The van der Waals surface area contributed by atoms with Gasteiger partial charge in [-0.05, 0) is 0 Å². The zero-order chi connectivity index (χ0) is 18.1. The summed E-state index contributed by atoms with van der Waals surface area (Å²) in [7, 11) is 13.3. The van der Waals surface area contributed by atoms with Gasteiger partial charge in [-0.15, -0.1) is 0 Å². The first-order valence-corrected chi connectivity index (χ1v) is 47.2. The predicted octanol–water partition coefficient (Wildman–Crippen LogP) is 7.95. The van der Waals surface area contributed by atoms with Gasteiger partial charge in [-0.2, -0.15) is 0 Å². The van der Waals surface area contributed by atoms with Crippen LogP contribution >= 0.6 is 31.8 Å². The van der Waals surface area contributed by atoms with Crippen molar-refractivity contribution >= 4 is 31.8 Å². The van der Waals surface area contributed by atoms with Crippen LogP contribution in [-0.2, 0) is 65.6 Å². The van der Waals surface area contributed by atoms with E-state index in [1.54, 1.807) is 15.6 Å². The molecule has 0 radical (unpaired) electrons. The van der Waals surface area contributed by atoms with Crippen LogP contribution in [0, 0.1) is 0 Å². The maximum absolute atomic E-state index is 7.72. The summed E-state index contributed by atoms with van der Waals surface area (Å²) in [6.07, 6.45) is 8.75. The molecule has 1 aliphatic rings. The first-order valence-electron chi connectivity index (χ1n) is 9.62. The number of halogens is 2. The van der Waals surface area contributed by atoms with Crippen molar-refractivity contribution in [2.75, 3.05) is 12.3 Å². The molecule has 0 aromatic rings. The Bertz CT molecular complexity index is 369. The Balaban J connectivity index is 2.95. The van der Waals surface area contributed by atoms with Crippen LogP contribution < -0.4 is 0 Å². The zero-order valence-corrected chi connectivity index (χ0v) is 28.7. The second kappa shape index (κ2) is 14.0. The van der Waals surface area contributed by atoms with Crippen LogP contribution in [0.5, 0.6) is 0 Å². The fraction of sp³-hybridized carbons (Fsp3) is 1.00. The average Bonchev–Trinajstić information content (AvgIpc) is 2.47. The van der Waals surface area contributed by atoms with E-state index in [0.29, 0.717) is 12.7 Å². The molecule has 10 heteroatoms. The Kier molecular flexibility index (Phi) is 16.2. The summed E-state index contributed by atoms with van der Waals surface area (Å²) in [4.78, 5) is 0. The Morgan fingerprint density at radius 2 is 1.50 bits per heavy atom. The van der Waals surface area contributed by atoms with Crippen molar-refractivity contribution in [1.29, 1.82) is 0 Å². The van der Waals surface area contributed by atoms with E-state index in [9.17, 15) is 0 Å². The van der Waals surface area contributed by atoms with Crippen LogP contribution in [-0.4, -0.2) is 12.3 Å². The normalized spacial score (nSPS) is 23.6. The van der Waals surface area contributed by atoms with Crippen molar-refractivity contribution in [2.24, 2.45) is 0 Å². The Labute approximate surface area is 181 Å². The molecular weight excluding hydrogens is 588 g/mol. The molecule has 0 bridgehead atoms. The third kappa shape index (κ3) is 10.4. The number of hydrogen-bond donors (Lipinski definition) is 0. The van der Waals surface area contributed by atoms with Gasteiger partial charge >= 0.3 is 185 Å². The summed E-state index contributed by atoms with van der Waals surface area (Å²) in [6.45, 7) is 12.2. The third-order valence-corrected chi connectivity index (χ3v) is 265. The molecule has 1 rings (SSSR count). The second-order valence-corrected chi connectivity index (χ2v) is 131. The van der Waals surface area contributed by atoms with Crippen LogP contribution in [0.4, 0.5) is 0 Å². The van der Waals surface area contributed by atoms with Gasteiger partial charge in [0.05, 0.1) is 0 Å². The standard InChI is InChI=1S/2C4H10P.2C3H7.2ClH.6Ti/c2*1-2-3-4-5;2*1-3-2;;;;;;;;/h2*5H,2-4H2,1H3;2*1,3H2,2H3;2*1H;;;;;;/q2*-1;;;;;;;;;+1;+3/p-2. The van der Waals surface area contributed by atoms with Crippen LogP contribution in [0.3, 0.4) is 0 Å². The summed E-state index contributed by atoms with van der Waals surface area (Å²) < 4.78 is 3.43. The quantitative estimate of drug-likeness (QED) is 0.118. The summed E-state index contributed by atoms with van der Waals surface area (Å²) in [5.74, 6) is 0. The second-order valence-electron chi connectivity index (χ2n) is 6.91. The van der Waals surface area contributed by atoms with E-state index in [2.05, 4.69) is 27.7 Å². The Morgan fingerprint density at radius 3 is 2.04 bits per heavy atom. The molecule has 0 saturated carbocycles. The van der Waals surface area contributed by atoms with E-state index in [-0.39, 0.29) is 25.5 Å². The summed E-state index contributed by atoms with van der Waals surface area (Å²) in [5, 5.41) is 0. The van der Waals surface area contributed by atoms with E-state index < -0.39 is 27.4 Å². The number of unbranched alkanes of at least 4 members (excludes halogenated alkanes) is 2. The molecule has 24 heavy (non-hydrogen) atoms. The topological polar surface area (TPSA) is 0 Å². The molecule has 2 unspecified atom stereocenters. The van der Waals surface area contributed by atoms with Gasteiger partial charge in [-0.1, -0.05) is 0 Å². The van der Waals surface area contributed by atoms with E-state index in [0.717, 1.165) is 6.57 Å². The third-order valence-electron chi connectivity index (χ3n) is 4.32. The monoisotopic (exact) mass is 622 g/mol. The van der Waals surface area contributed by atoms with Gasteiger partial charge in [0.2, 0.25) is 0 Å². The van der Waals surface area contributed by atoms with Gasteiger partial charge in [0.1, 0.15) is 0 Å². The van der Waals surface area contributed by atoms with Crippen molar-refractivity contribution in [3.63, 3.8) is 0 Å². The summed E-state index contributed by atoms with van der Waals surface area (Å²) >= 11 is 0.924. The van der Waals surface area contributed by atoms with E-state index in [1.807, 2.05) is 0 Å². The molecular formula is C14H34Cl2P2Ti6. The zero-order valence-electron chi connectivity index (χ0n) is 15.8. The van der Waals surface area contributed by atoms with Crippen molar-refractivity contribution in [1.82, 2.24) is 0 Å². The fourth-order valence-corrected chi connectivity index (χ4v) is 664. The van der Waals surface area contributed by atoms with Gasteiger partial charge < -0.3 is 0 Å². The molecule has 1 saturated heterocycles. The van der Waals surface area contributed by atoms with Gasteiger partial charge in [-0.25, -0.2) is 0 Å². The van der Waals surface area contributed by atoms with Gasteiger partial charge in [0.15, 0.2) is 0 Å². The molecule has 0 amide bonds. The molecule has 1 aliphatic heterocycles. The van der Waals surface area contributed by atoms with Crippen LogP contribution in [0.15, 0.2) is 0 Å². The summed E-state index contributed by atoms with van der Waals surface area (Å²) in [6, 6.07) is 0. The van der Waals surface area contributed by atoms with E-state index in [4.69, 9.17) is 18.6 Å². The van der Waals surface area contributed by atoms with Gasteiger partial charge in [-0.3, -0.25) is 0 Å². The first-order chi connectivity index (χ1) is 11.3. The molecule has 138 valence electrons. The van der Waals surface area contributed by atoms with Crippen molar-refractivity contribution < 1.29 is 65.6 Å². The maximum atomic E-state index is 7.72. The molecule has 0 spiro atoms. The molecule has 2 atom stereocenters. The Hall–Kier alpha value is 5.73. The van der Waals surface area contributed by atoms with Crippen LogP contribution in [0.25, 0.3) is 0 Å². The van der Waals surface area contributed by atoms with Crippen molar-refractivity contribution in [2.45, 2.75) is 75.7 Å². The Morgan fingerprint density at radius 1 is 0.917 bits per heavy atom. The van der Waals surface area contributed by atoms with Crippen LogP contribution in [0.2, 0.25) is 9.45 Å². The van der Waals surface area contributed by atoms with Gasteiger partial charge in [0.25, 0.3) is 0 Å². The molecule has 0 aliphatic carbocycles. The SMILES string of the molecule is CCCC[PH][Ti]1[Ti][Ti]([CH2]CC)([CH2]CC)[Ti][Ti]([Cl])([Cl])([PH]CCCC)[Ti]1. The average molecular weight is 622 g/mol. The molecule has 0 N–H and O–H groups in total. The van der Waals surface area contributed by atoms with Crippen molar-refractivity contribution in [3.05, 3.63) is 0 Å². The molecule has 0 nitrogen and oxygen atoms in total. The molecule has 0 aromatic carbocycles. The molecule has 1 heterocycles. The number of hydrogen-bond acceptors (Lipinski definition) is 0. The molecule has 1 fully saturated rings. The minimum atomic E-state index is -2.86. The van der Waals surface area contributed by atoms with Crippen LogP contribution in [0.1, 0.15) is 66.2 Å².